The molecule has 7 heteroatoms. The van der Waals surface area contributed by atoms with Crippen molar-refractivity contribution in [3.8, 4) is 0 Å². The smallest absolute Gasteiger partial charge is 0.344 e. The predicted octanol–water partition coefficient (Wildman–Crippen LogP) is 5.04. The van der Waals surface area contributed by atoms with Gasteiger partial charge in [0.25, 0.3) is 0 Å². The summed E-state index contributed by atoms with van der Waals surface area (Å²) in [4.78, 5) is 16.9. The van der Waals surface area contributed by atoms with Crippen LogP contribution in [0.25, 0.3) is 16.7 Å². The second kappa shape index (κ2) is 5.97. The number of carbonyl (C=O) groups excluding carboxylic acids is 1. The van der Waals surface area contributed by atoms with Crippen molar-refractivity contribution in [2.24, 2.45) is 0 Å². The summed E-state index contributed by atoms with van der Waals surface area (Å²) >= 11 is 0. The van der Waals surface area contributed by atoms with E-state index in [1.807, 2.05) is 35.8 Å². The topological polar surface area (TPSA) is 46.9 Å². The molecule has 1 unspecified atom stereocenters. The molecule has 138 valence electrons. The van der Waals surface area contributed by atoms with Crippen LogP contribution in [0, 0.1) is 0 Å². The molecule has 0 saturated carbocycles. The maximum atomic E-state index is 12.9. The molecule has 0 radical (unpaired) electrons. The Hall–Kier alpha value is -3.09. The average molecular weight is 371 g/mol. The molecule has 1 aromatic heterocycles. The minimum Gasteiger partial charge on any atom is -0.344 e. The summed E-state index contributed by atoms with van der Waals surface area (Å²) in [6.45, 7) is 3.29. The molecule has 0 spiro atoms. The van der Waals surface area contributed by atoms with Gasteiger partial charge in [-0.3, -0.25) is 9.36 Å². The lowest BCUT2D eigenvalue weighted by molar-refractivity contribution is -0.137. The second-order valence-electron chi connectivity index (χ2n) is 6.51. The molecule has 0 fully saturated rings. The highest BCUT2D eigenvalue weighted by atomic mass is 19.4. The highest BCUT2D eigenvalue weighted by Gasteiger charge is 2.33. The van der Waals surface area contributed by atoms with Gasteiger partial charge in [-0.1, -0.05) is 24.3 Å². The largest absolute Gasteiger partial charge is 0.416 e. The molecule has 0 bridgehead atoms. The molecule has 2 heterocycles. The minimum atomic E-state index is -4.40. The monoisotopic (exact) mass is 371 g/mol. The molecule has 4 nitrogen and oxygen atoms in total. The van der Waals surface area contributed by atoms with Crippen LogP contribution in [0.5, 0.6) is 0 Å². The number of imidazole rings is 1. The number of aromatic nitrogens is 2. The van der Waals surface area contributed by atoms with Gasteiger partial charge in [-0.15, -0.1) is 0 Å². The van der Waals surface area contributed by atoms with Crippen LogP contribution in [-0.2, 0) is 11.0 Å². The molecule has 1 aliphatic heterocycles. The number of ketones is 1. The number of Topliss-reactive ketones (excluding diaryl/α,β-unsaturated/α-hetero) is 1. The first kappa shape index (κ1) is 17.3. The number of hydrogen-bond donors (Lipinski definition) is 1. The fourth-order valence-electron chi connectivity index (χ4n) is 3.57. The zero-order valence-corrected chi connectivity index (χ0v) is 14.6. The van der Waals surface area contributed by atoms with E-state index in [4.69, 9.17) is 0 Å². The first-order valence-corrected chi connectivity index (χ1v) is 8.40. The van der Waals surface area contributed by atoms with E-state index in [9.17, 15) is 18.0 Å². The van der Waals surface area contributed by atoms with Crippen molar-refractivity contribution in [3.05, 3.63) is 65.2 Å². The number of para-hydroxylation sites is 2. The quantitative estimate of drug-likeness (QED) is 0.686. The predicted molar refractivity (Wildman–Crippen MR) is 97.1 cm³/mol. The van der Waals surface area contributed by atoms with Crippen LogP contribution in [0.3, 0.4) is 0 Å². The number of carbonyl (C=O) groups is 1. The molecule has 3 aromatic rings. The van der Waals surface area contributed by atoms with Gasteiger partial charge in [-0.25, -0.2) is 4.98 Å². The van der Waals surface area contributed by atoms with E-state index in [1.54, 1.807) is 0 Å². The second-order valence-corrected chi connectivity index (χ2v) is 6.51. The lowest BCUT2D eigenvalue weighted by Gasteiger charge is -2.29. The molecule has 2 aromatic carbocycles. The minimum absolute atomic E-state index is 0.145. The maximum absolute atomic E-state index is 12.9. The van der Waals surface area contributed by atoms with Crippen molar-refractivity contribution in [1.29, 1.82) is 0 Å². The van der Waals surface area contributed by atoms with E-state index in [0.29, 0.717) is 17.1 Å². The number of alkyl halides is 3. The highest BCUT2D eigenvalue weighted by Crippen LogP contribution is 2.39. The van der Waals surface area contributed by atoms with Gasteiger partial charge >= 0.3 is 6.18 Å². The van der Waals surface area contributed by atoms with E-state index in [1.165, 1.54) is 19.1 Å². The Morgan fingerprint density at radius 2 is 1.78 bits per heavy atom. The Bertz CT molecular complexity index is 1080. The molecular formula is C20H16F3N3O. The van der Waals surface area contributed by atoms with Gasteiger partial charge < -0.3 is 5.32 Å². The Labute approximate surface area is 153 Å². The summed E-state index contributed by atoms with van der Waals surface area (Å²) in [7, 11) is 0. The summed E-state index contributed by atoms with van der Waals surface area (Å²) in [5, 5.41) is 3.21. The average Bonchev–Trinajstić information content (AvgIpc) is 2.99. The van der Waals surface area contributed by atoms with Crippen LogP contribution >= 0.6 is 0 Å². The van der Waals surface area contributed by atoms with Crippen LogP contribution in [-0.4, -0.2) is 15.3 Å². The Morgan fingerprint density at radius 3 is 2.41 bits per heavy atom. The summed E-state index contributed by atoms with van der Waals surface area (Å²) in [6.07, 6.45) is -4.40. The third-order valence-electron chi connectivity index (χ3n) is 4.80. The summed E-state index contributed by atoms with van der Waals surface area (Å²) < 4.78 is 40.4. The molecule has 1 atom stereocenters. The number of nitrogens with zero attached hydrogens (tertiary/aromatic N) is 2. The Kier molecular flexibility index (Phi) is 3.83. The van der Waals surface area contributed by atoms with Crippen LogP contribution in [0.4, 0.5) is 19.1 Å². The number of allylic oxidation sites excluding steroid dienone is 1. The van der Waals surface area contributed by atoms with Crippen LogP contribution < -0.4 is 5.32 Å². The van der Waals surface area contributed by atoms with E-state index >= 15 is 0 Å². The zero-order valence-electron chi connectivity index (χ0n) is 14.6. The van der Waals surface area contributed by atoms with E-state index in [-0.39, 0.29) is 5.78 Å². The number of fused-ring (bicyclic) bond motifs is 3. The van der Waals surface area contributed by atoms with Gasteiger partial charge in [0.05, 0.1) is 22.6 Å². The van der Waals surface area contributed by atoms with Crippen molar-refractivity contribution < 1.29 is 18.0 Å². The van der Waals surface area contributed by atoms with E-state index in [2.05, 4.69) is 10.3 Å². The summed E-state index contributed by atoms with van der Waals surface area (Å²) in [5.41, 5.74) is 2.71. The molecule has 1 aliphatic rings. The van der Waals surface area contributed by atoms with Gasteiger partial charge in [0.15, 0.2) is 5.78 Å². The number of hydrogen-bond acceptors (Lipinski definition) is 3. The van der Waals surface area contributed by atoms with E-state index < -0.39 is 17.8 Å². The number of benzene rings is 2. The molecule has 0 saturated heterocycles. The molecular weight excluding hydrogens is 355 g/mol. The normalized spacial score (nSPS) is 17.0. The van der Waals surface area contributed by atoms with Crippen molar-refractivity contribution in [2.75, 3.05) is 5.32 Å². The number of halogens is 3. The number of anilines is 1. The standard InChI is InChI=1S/C20H16F3N3O/c1-11-17(12(2)27)18(13-7-9-14(10-8-13)20(21,22)23)25-19-24-15-5-3-4-6-16(15)26(11)19/h3-10,18H,1-2H3,(H,24,25). The van der Waals surface area contributed by atoms with Crippen LogP contribution in [0.15, 0.2) is 54.1 Å². The molecule has 1 N–H and O–H groups in total. The first-order valence-electron chi connectivity index (χ1n) is 8.40. The van der Waals surface area contributed by atoms with Crippen LogP contribution in [0.1, 0.15) is 31.0 Å². The fraction of sp³-hybridized carbons (Fsp3) is 0.200. The lowest BCUT2D eigenvalue weighted by Crippen LogP contribution is -2.26. The van der Waals surface area contributed by atoms with Gasteiger partial charge in [-0.05, 0) is 43.7 Å². The number of rotatable bonds is 2. The van der Waals surface area contributed by atoms with Gasteiger partial charge in [0, 0.05) is 11.3 Å². The van der Waals surface area contributed by atoms with Crippen molar-refractivity contribution in [3.63, 3.8) is 0 Å². The molecule has 27 heavy (non-hydrogen) atoms. The molecule has 0 aliphatic carbocycles. The van der Waals surface area contributed by atoms with Crippen molar-refractivity contribution in [2.45, 2.75) is 26.1 Å². The Morgan fingerprint density at radius 1 is 1.11 bits per heavy atom. The molecule has 4 rings (SSSR count). The van der Waals surface area contributed by atoms with Crippen LogP contribution in [0.2, 0.25) is 0 Å². The van der Waals surface area contributed by atoms with Crippen molar-refractivity contribution >= 4 is 28.5 Å². The van der Waals surface area contributed by atoms with Gasteiger partial charge in [0.1, 0.15) is 0 Å². The van der Waals surface area contributed by atoms with Gasteiger partial charge in [0.2, 0.25) is 5.95 Å². The summed E-state index contributed by atoms with van der Waals surface area (Å²) in [5.74, 6) is 0.414. The highest BCUT2D eigenvalue weighted by molar-refractivity contribution is 6.03. The third-order valence-corrected chi connectivity index (χ3v) is 4.80. The maximum Gasteiger partial charge on any atom is 0.416 e. The Balaban J connectivity index is 1.85. The number of nitrogens with one attached hydrogen (secondary N) is 1. The van der Waals surface area contributed by atoms with Gasteiger partial charge in [-0.2, -0.15) is 13.2 Å². The summed E-state index contributed by atoms with van der Waals surface area (Å²) in [6, 6.07) is 11.8. The SMILES string of the molecule is CC(=O)C1=C(C)n2c(nc3ccccc32)NC1c1ccc(C(F)(F)F)cc1. The first-order chi connectivity index (χ1) is 12.8. The lowest BCUT2D eigenvalue weighted by atomic mass is 9.92. The third kappa shape index (κ3) is 2.79. The van der Waals surface area contributed by atoms with E-state index in [0.717, 1.165) is 28.9 Å². The zero-order chi connectivity index (χ0) is 19.3. The molecule has 0 amide bonds. The van der Waals surface area contributed by atoms with Crippen molar-refractivity contribution in [1.82, 2.24) is 9.55 Å². The fourth-order valence-corrected chi connectivity index (χ4v) is 3.57.